The fourth-order valence-corrected chi connectivity index (χ4v) is 3.45. The van der Waals surface area contributed by atoms with Crippen LogP contribution in [-0.2, 0) is 14.3 Å². The van der Waals surface area contributed by atoms with Gasteiger partial charge in [-0.05, 0) is 70.4 Å². The summed E-state index contributed by atoms with van der Waals surface area (Å²) in [7, 11) is 1.57. The summed E-state index contributed by atoms with van der Waals surface area (Å²) in [5, 5.41) is 2.68. The molecule has 1 heterocycles. The Kier molecular flexibility index (Phi) is 7.46. The average molecular weight is 487 g/mol. The van der Waals surface area contributed by atoms with Gasteiger partial charge in [-0.15, -0.1) is 0 Å². The lowest BCUT2D eigenvalue weighted by atomic mass is 10.1. The van der Waals surface area contributed by atoms with Gasteiger partial charge in [-0.3, -0.25) is 4.79 Å². The minimum Gasteiger partial charge on any atom is -0.493 e. The van der Waals surface area contributed by atoms with Crippen LogP contribution in [0.3, 0.4) is 0 Å². The van der Waals surface area contributed by atoms with Gasteiger partial charge < -0.3 is 19.5 Å². The first-order valence-electron chi connectivity index (χ1n) is 9.82. The van der Waals surface area contributed by atoms with Gasteiger partial charge in [0.25, 0.3) is 0 Å². The van der Waals surface area contributed by atoms with Gasteiger partial charge >= 0.3 is 5.97 Å². The summed E-state index contributed by atoms with van der Waals surface area (Å²) in [6.07, 6.45) is 3.60. The number of nitrogens with zero attached hydrogens (tertiary/aromatic N) is 1. The molecule has 0 bridgehead atoms. The maximum absolute atomic E-state index is 12.3. The SMILES string of the molecule is CCCCOc1c(Br)cc(/C=C2\N=C(c3ccc(NC(C)=O)cc3)OC2=O)cc1OC. The number of hydrogen-bond donors (Lipinski definition) is 1. The number of amides is 1. The fourth-order valence-electron chi connectivity index (χ4n) is 2.87. The zero-order valence-electron chi connectivity index (χ0n) is 17.5. The Labute approximate surface area is 189 Å². The molecule has 3 rings (SSSR count). The number of methoxy groups -OCH3 is 1. The number of rotatable bonds is 8. The van der Waals surface area contributed by atoms with Crippen LogP contribution in [0.25, 0.3) is 6.08 Å². The Bertz CT molecular complexity index is 1040. The van der Waals surface area contributed by atoms with E-state index in [1.54, 1.807) is 43.5 Å². The Hall–Kier alpha value is -3.13. The molecule has 0 aromatic heterocycles. The van der Waals surface area contributed by atoms with Gasteiger partial charge in [0.15, 0.2) is 17.2 Å². The van der Waals surface area contributed by atoms with Crippen molar-refractivity contribution in [3.8, 4) is 11.5 Å². The third-order valence-electron chi connectivity index (χ3n) is 4.37. The Morgan fingerprint density at radius 1 is 1.26 bits per heavy atom. The maximum atomic E-state index is 12.3. The highest BCUT2D eigenvalue weighted by Crippen LogP contribution is 2.37. The number of unbranched alkanes of at least 4 members (excludes halogenated alkanes) is 1. The first kappa shape index (κ1) is 22.6. The molecule has 2 aromatic rings. The second-order valence-electron chi connectivity index (χ2n) is 6.83. The van der Waals surface area contributed by atoms with Crippen LogP contribution in [0.2, 0.25) is 0 Å². The molecule has 8 heteroatoms. The van der Waals surface area contributed by atoms with Crippen LogP contribution in [0.5, 0.6) is 11.5 Å². The van der Waals surface area contributed by atoms with E-state index in [0.29, 0.717) is 34.9 Å². The molecule has 1 aliphatic rings. The van der Waals surface area contributed by atoms with Crippen LogP contribution < -0.4 is 14.8 Å². The number of benzene rings is 2. The van der Waals surface area contributed by atoms with E-state index in [1.165, 1.54) is 6.92 Å². The van der Waals surface area contributed by atoms with E-state index < -0.39 is 5.97 Å². The first-order chi connectivity index (χ1) is 14.9. The van der Waals surface area contributed by atoms with E-state index in [9.17, 15) is 9.59 Å². The molecule has 2 aromatic carbocycles. The van der Waals surface area contributed by atoms with Gasteiger partial charge in [0.1, 0.15) is 0 Å². The zero-order chi connectivity index (χ0) is 22.4. The van der Waals surface area contributed by atoms with E-state index in [4.69, 9.17) is 14.2 Å². The Morgan fingerprint density at radius 2 is 2.00 bits per heavy atom. The first-order valence-corrected chi connectivity index (χ1v) is 10.6. The topological polar surface area (TPSA) is 86.2 Å². The molecule has 0 aliphatic carbocycles. The van der Waals surface area contributed by atoms with E-state index in [2.05, 4.69) is 33.2 Å². The van der Waals surface area contributed by atoms with Crippen molar-refractivity contribution < 1.29 is 23.8 Å². The monoisotopic (exact) mass is 486 g/mol. The van der Waals surface area contributed by atoms with Gasteiger partial charge in [0, 0.05) is 18.2 Å². The van der Waals surface area contributed by atoms with Crippen molar-refractivity contribution in [1.82, 2.24) is 0 Å². The van der Waals surface area contributed by atoms with Crippen molar-refractivity contribution >= 4 is 45.5 Å². The van der Waals surface area contributed by atoms with Gasteiger partial charge in [-0.1, -0.05) is 13.3 Å². The third kappa shape index (κ3) is 5.73. The van der Waals surface area contributed by atoms with Gasteiger partial charge in [-0.25, -0.2) is 9.79 Å². The van der Waals surface area contributed by atoms with Gasteiger partial charge in [-0.2, -0.15) is 0 Å². The summed E-state index contributed by atoms with van der Waals surface area (Å²) in [6, 6.07) is 10.5. The zero-order valence-corrected chi connectivity index (χ0v) is 19.1. The summed E-state index contributed by atoms with van der Waals surface area (Å²) >= 11 is 3.51. The average Bonchev–Trinajstić information content (AvgIpc) is 3.09. The van der Waals surface area contributed by atoms with Crippen LogP contribution in [0, 0.1) is 0 Å². The second kappa shape index (κ2) is 10.3. The van der Waals surface area contributed by atoms with Crippen molar-refractivity contribution in [3.05, 3.63) is 57.7 Å². The highest BCUT2D eigenvalue weighted by molar-refractivity contribution is 9.10. The van der Waals surface area contributed by atoms with Crippen LogP contribution in [0.15, 0.2) is 51.6 Å². The smallest absolute Gasteiger partial charge is 0.363 e. The predicted molar refractivity (Wildman–Crippen MR) is 122 cm³/mol. The molecule has 0 atom stereocenters. The number of nitrogens with one attached hydrogen (secondary N) is 1. The molecular weight excluding hydrogens is 464 g/mol. The maximum Gasteiger partial charge on any atom is 0.363 e. The molecular formula is C23H23BrN2O5. The Balaban J connectivity index is 1.84. The number of esters is 1. The normalized spacial score (nSPS) is 14.3. The molecule has 0 unspecified atom stereocenters. The molecule has 1 N–H and O–H groups in total. The van der Waals surface area contributed by atoms with Crippen molar-refractivity contribution in [1.29, 1.82) is 0 Å². The van der Waals surface area contributed by atoms with Crippen LogP contribution in [0.4, 0.5) is 5.69 Å². The lowest BCUT2D eigenvalue weighted by Gasteiger charge is -2.13. The number of halogens is 1. The lowest BCUT2D eigenvalue weighted by molar-refractivity contribution is -0.129. The standard InChI is InChI=1S/C23H23BrN2O5/c1-4-5-10-30-21-18(24)11-15(13-20(21)29-3)12-19-23(28)31-22(26-19)16-6-8-17(9-7-16)25-14(2)27/h6-9,11-13H,4-5,10H2,1-3H3,(H,25,27)/b19-12-. The lowest BCUT2D eigenvalue weighted by Crippen LogP contribution is -2.07. The molecule has 0 radical (unpaired) electrons. The number of ether oxygens (including phenoxy) is 3. The van der Waals surface area contributed by atoms with E-state index in [1.807, 2.05) is 6.07 Å². The molecule has 31 heavy (non-hydrogen) atoms. The largest absolute Gasteiger partial charge is 0.493 e. The van der Waals surface area contributed by atoms with Gasteiger partial charge in [0.05, 0.1) is 18.2 Å². The summed E-state index contributed by atoms with van der Waals surface area (Å²) in [4.78, 5) is 27.8. The summed E-state index contributed by atoms with van der Waals surface area (Å²) in [6.45, 7) is 4.12. The molecule has 7 nitrogen and oxygen atoms in total. The molecule has 0 saturated carbocycles. The number of hydrogen-bond acceptors (Lipinski definition) is 6. The number of cyclic esters (lactones) is 1. The van der Waals surface area contributed by atoms with Crippen molar-refractivity contribution in [2.24, 2.45) is 4.99 Å². The second-order valence-corrected chi connectivity index (χ2v) is 7.69. The van der Waals surface area contributed by atoms with Crippen molar-refractivity contribution in [2.75, 3.05) is 19.0 Å². The minimum absolute atomic E-state index is 0.161. The molecule has 0 spiro atoms. The summed E-state index contributed by atoms with van der Waals surface area (Å²) in [5.74, 6) is 0.679. The molecule has 0 saturated heterocycles. The van der Waals surface area contributed by atoms with Crippen LogP contribution in [-0.4, -0.2) is 31.5 Å². The number of carbonyl (C=O) groups is 2. The predicted octanol–water partition coefficient (Wildman–Crippen LogP) is 4.94. The highest BCUT2D eigenvalue weighted by atomic mass is 79.9. The highest BCUT2D eigenvalue weighted by Gasteiger charge is 2.24. The molecule has 1 amide bonds. The Morgan fingerprint density at radius 3 is 2.65 bits per heavy atom. The third-order valence-corrected chi connectivity index (χ3v) is 4.96. The number of anilines is 1. The quantitative estimate of drug-likeness (QED) is 0.324. The van der Waals surface area contributed by atoms with Gasteiger partial charge in [0.2, 0.25) is 11.8 Å². The minimum atomic E-state index is -0.542. The van der Waals surface area contributed by atoms with E-state index in [-0.39, 0.29) is 17.5 Å². The van der Waals surface area contributed by atoms with E-state index in [0.717, 1.165) is 17.3 Å². The fraction of sp³-hybridized carbons (Fsp3) is 0.261. The van der Waals surface area contributed by atoms with E-state index >= 15 is 0 Å². The summed E-state index contributed by atoms with van der Waals surface area (Å²) < 4.78 is 17.3. The molecule has 1 aliphatic heterocycles. The molecule has 0 fully saturated rings. The molecule has 162 valence electrons. The number of aliphatic imine (C=N–C) groups is 1. The number of carbonyl (C=O) groups excluding carboxylic acids is 2. The van der Waals surface area contributed by atoms with Crippen molar-refractivity contribution in [2.45, 2.75) is 26.7 Å². The summed E-state index contributed by atoms with van der Waals surface area (Å²) in [5.41, 5.74) is 2.17. The van der Waals surface area contributed by atoms with Crippen molar-refractivity contribution in [3.63, 3.8) is 0 Å². The van der Waals surface area contributed by atoms with Crippen LogP contribution in [0.1, 0.15) is 37.8 Å². The van der Waals surface area contributed by atoms with Crippen LogP contribution >= 0.6 is 15.9 Å².